The SMILES string of the molecule is C/C=C1\C2C[C@H]3C4=Nc5ccccc5C45C[C@@H](C2[C@H]5OC(C)=O)N3[C@@H]1O. The van der Waals surface area contributed by atoms with Gasteiger partial charge in [0.1, 0.15) is 12.3 Å². The van der Waals surface area contributed by atoms with Crippen LogP contribution in [0.25, 0.3) is 0 Å². The van der Waals surface area contributed by atoms with E-state index in [1.54, 1.807) is 0 Å². The Kier molecular flexibility index (Phi) is 2.70. The number of aliphatic hydroxyl groups excluding tert-OH is 1. The highest BCUT2D eigenvalue weighted by atomic mass is 16.5. The van der Waals surface area contributed by atoms with Crippen LogP contribution in [0.3, 0.4) is 0 Å². The molecule has 0 aromatic heterocycles. The molecule has 1 aliphatic carbocycles. The van der Waals surface area contributed by atoms with Crippen LogP contribution in [0, 0.1) is 11.8 Å². The molecule has 134 valence electrons. The van der Waals surface area contributed by atoms with Crippen molar-refractivity contribution in [2.75, 3.05) is 0 Å². The van der Waals surface area contributed by atoms with Crippen LogP contribution < -0.4 is 0 Å². The van der Waals surface area contributed by atoms with Gasteiger partial charge in [0, 0.05) is 18.9 Å². The van der Waals surface area contributed by atoms with Crippen LogP contribution in [0.5, 0.6) is 0 Å². The quantitative estimate of drug-likeness (QED) is 0.624. The van der Waals surface area contributed by atoms with Gasteiger partial charge in [0.2, 0.25) is 0 Å². The van der Waals surface area contributed by atoms with Crippen LogP contribution in [-0.2, 0) is 14.9 Å². The second-order valence-corrected chi connectivity index (χ2v) is 8.33. The van der Waals surface area contributed by atoms with E-state index in [0.29, 0.717) is 0 Å². The number of hydrogen-bond donors (Lipinski definition) is 1. The lowest BCUT2D eigenvalue weighted by Gasteiger charge is -2.58. The Hall–Kier alpha value is -1.98. The van der Waals surface area contributed by atoms with E-state index in [4.69, 9.17) is 9.73 Å². The summed E-state index contributed by atoms with van der Waals surface area (Å²) in [5, 5.41) is 11.0. The van der Waals surface area contributed by atoms with E-state index in [9.17, 15) is 9.90 Å². The molecule has 5 heteroatoms. The molecule has 0 amide bonds. The summed E-state index contributed by atoms with van der Waals surface area (Å²) in [7, 11) is 0. The molecule has 8 atom stereocenters. The van der Waals surface area contributed by atoms with Gasteiger partial charge in [0.05, 0.1) is 22.9 Å². The summed E-state index contributed by atoms with van der Waals surface area (Å²) in [6, 6.07) is 8.67. The molecule has 5 fully saturated rings. The number of allylic oxidation sites excluding steroid dienone is 1. The number of hydrogen-bond acceptors (Lipinski definition) is 5. The highest BCUT2D eigenvalue weighted by Crippen LogP contribution is 2.67. The van der Waals surface area contributed by atoms with Crippen LogP contribution in [0.4, 0.5) is 5.69 Å². The van der Waals surface area contributed by atoms with E-state index in [0.717, 1.165) is 29.8 Å². The van der Waals surface area contributed by atoms with Gasteiger partial charge >= 0.3 is 5.97 Å². The molecule has 5 nitrogen and oxygen atoms in total. The zero-order valence-electron chi connectivity index (χ0n) is 14.9. The molecule has 0 radical (unpaired) electrons. The Balaban J connectivity index is 1.62. The van der Waals surface area contributed by atoms with Crippen molar-refractivity contribution < 1.29 is 14.6 Å². The largest absolute Gasteiger partial charge is 0.461 e. The Morgan fingerprint density at radius 1 is 1.42 bits per heavy atom. The molecular weight excluding hydrogens is 328 g/mol. The average molecular weight is 350 g/mol. The van der Waals surface area contributed by atoms with Crippen LogP contribution in [0.1, 0.15) is 32.3 Å². The Morgan fingerprint density at radius 3 is 3.00 bits per heavy atom. The lowest BCUT2D eigenvalue weighted by atomic mass is 9.66. The first-order valence-corrected chi connectivity index (χ1v) is 9.55. The van der Waals surface area contributed by atoms with E-state index >= 15 is 0 Å². The lowest BCUT2D eigenvalue weighted by Crippen LogP contribution is -2.68. The molecule has 1 N–H and O–H groups in total. The molecule has 6 aliphatic rings. The molecule has 4 unspecified atom stereocenters. The smallest absolute Gasteiger partial charge is 0.302 e. The molecule has 5 aliphatic heterocycles. The molecule has 5 heterocycles. The third-order valence-electron chi connectivity index (χ3n) is 7.53. The van der Waals surface area contributed by atoms with Crippen molar-refractivity contribution in [2.24, 2.45) is 16.8 Å². The average Bonchev–Trinajstić information content (AvgIpc) is 3.08. The van der Waals surface area contributed by atoms with E-state index in [1.165, 1.54) is 12.5 Å². The first-order valence-electron chi connectivity index (χ1n) is 9.55. The topological polar surface area (TPSA) is 62.1 Å². The summed E-state index contributed by atoms with van der Waals surface area (Å²) < 4.78 is 6.04. The molecule has 1 saturated carbocycles. The summed E-state index contributed by atoms with van der Waals surface area (Å²) >= 11 is 0. The van der Waals surface area contributed by atoms with Gasteiger partial charge < -0.3 is 9.84 Å². The van der Waals surface area contributed by atoms with E-state index in [2.05, 4.69) is 29.2 Å². The van der Waals surface area contributed by atoms with Crippen molar-refractivity contribution in [1.82, 2.24) is 4.90 Å². The summed E-state index contributed by atoms with van der Waals surface area (Å²) in [6.45, 7) is 3.51. The van der Waals surface area contributed by atoms with Crippen molar-refractivity contribution in [3.8, 4) is 0 Å². The number of nitrogens with zero attached hydrogens (tertiary/aromatic N) is 2. The van der Waals surface area contributed by atoms with Crippen molar-refractivity contribution in [2.45, 2.75) is 56.5 Å². The normalized spacial score (nSPS) is 47.7. The van der Waals surface area contributed by atoms with E-state index < -0.39 is 6.23 Å². The number of piperidine rings is 4. The van der Waals surface area contributed by atoms with Crippen LogP contribution in [0.2, 0.25) is 0 Å². The number of carbonyl (C=O) groups excluding carboxylic acids is 1. The van der Waals surface area contributed by atoms with Gasteiger partial charge in [0.15, 0.2) is 0 Å². The Labute approximate surface area is 152 Å². The van der Waals surface area contributed by atoms with Gasteiger partial charge in [0.25, 0.3) is 0 Å². The van der Waals surface area contributed by atoms with Crippen molar-refractivity contribution >= 4 is 17.4 Å². The van der Waals surface area contributed by atoms with E-state index in [-0.39, 0.29) is 41.4 Å². The summed E-state index contributed by atoms with van der Waals surface area (Å²) in [5.41, 5.74) is 4.10. The summed E-state index contributed by atoms with van der Waals surface area (Å²) in [5.74, 6) is 0.264. The zero-order valence-corrected chi connectivity index (χ0v) is 14.9. The molecule has 7 rings (SSSR count). The van der Waals surface area contributed by atoms with Crippen molar-refractivity contribution in [3.63, 3.8) is 0 Å². The highest BCUT2D eigenvalue weighted by Gasteiger charge is 2.74. The number of para-hydroxylation sites is 1. The summed E-state index contributed by atoms with van der Waals surface area (Å²) in [6.07, 6.45) is 3.17. The van der Waals surface area contributed by atoms with E-state index in [1.807, 2.05) is 13.0 Å². The monoisotopic (exact) mass is 350 g/mol. The molecular formula is C21H22N2O3. The third-order valence-corrected chi connectivity index (χ3v) is 7.53. The third kappa shape index (κ3) is 1.45. The maximum absolute atomic E-state index is 12.0. The number of fused-ring (bicyclic) bond motifs is 2. The van der Waals surface area contributed by atoms with Crippen molar-refractivity contribution in [1.29, 1.82) is 0 Å². The molecule has 4 saturated heterocycles. The van der Waals surface area contributed by atoms with Crippen LogP contribution in [-0.4, -0.2) is 46.1 Å². The van der Waals surface area contributed by atoms with Gasteiger partial charge in [-0.15, -0.1) is 0 Å². The van der Waals surface area contributed by atoms with Crippen LogP contribution >= 0.6 is 0 Å². The maximum Gasteiger partial charge on any atom is 0.302 e. The molecule has 1 spiro atoms. The molecule has 1 aromatic carbocycles. The van der Waals surface area contributed by atoms with Crippen LogP contribution in [0.15, 0.2) is 40.9 Å². The standard InChI is InChI=1S/C21H22N2O3/c1-3-11-12-8-15-18-21(13-6-4-5-7-14(13)22-18)9-16(23(15)20(11)25)17(12)19(21)26-10(2)24/h3-7,12,15-17,19-20,25H,8-9H2,1-2H3/b11-3+/t12?,15-,16-,17?,19+,20+,21?/m0/s1. The number of ether oxygens (including phenoxy) is 1. The predicted octanol–water partition coefficient (Wildman–Crippen LogP) is 2.31. The fourth-order valence-electron chi connectivity index (χ4n) is 6.90. The van der Waals surface area contributed by atoms with Gasteiger partial charge in [-0.3, -0.25) is 14.7 Å². The summed E-state index contributed by atoms with van der Waals surface area (Å²) in [4.78, 5) is 19.3. The second-order valence-electron chi connectivity index (χ2n) is 8.33. The fourth-order valence-corrected chi connectivity index (χ4v) is 6.90. The number of aliphatic imine (C=N–C) groups is 1. The van der Waals surface area contributed by atoms with Gasteiger partial charge in [-0.2, -0.15) is 0 Å². The zero-order chi connectivity index (χ0) is 17.8. The van der Waals surface area contributed by atoms with Gasteiger partial charge in [-0.05, 0) is 42.9 Å². The van der Waals surface area contributed by atoms with Crippen molar-refractivity contribution in [3.05, 3.63) is 41.5 Å². The fraction of sp³-hybridized carbons (Fsp3) is 0.524. The molecule has 26 heavy (non-hydrogen) atoms. The Bertz CT molecular complexity index is 906. The van der Waals surface area contributed by atoms with Gasteiger partial charge in [-0.25, -0.2) is 0 Å². The number of aliphatic hydroxyl groups is 1. The first kappa shape index (κ1) is 15.1. The second kappa shape index (κ2) is 4.65. The number of rotatable bonds is 1. The molecule has 5 bridgehead atoms. The highest BCUT2D eigenvalue weighted by molar-refractivity contribution is 6.08. The molecule has 1 aromatic rings. The minimum Gasteiger partial charge on any atom is -0.461 e. The predicted molar refractivity (Wildman–Crippen MR) is 96.2 cm³/mol. The maximum atomic E-state index is 12.0. The number of esters is 1. The minimum absolute atomic E-state index is 0.140. The lowest BCUT2D eigenvalue weighted by molar-refractivity contribution is -0.156. The first-order chi connectivity index (χ1) is 12.6. The number of carbonyl (C=O) groups is 1. The number of benzene rings is 1. The Morgan fingerprint density at radius 2 is 2.23 bits per heavy atom. The van der Waals surface area contributed by atoms with Gasteiger partial charge in [-0.1, -0.05) is 24.3 Å². The minimum atomic E-state index is -0.537.